The second kappa shape index (κ2) is 5.59. The summed E-state index contributed by atoms with van der Waals surface area (Å²) in [6.45, 7) is 4.24. The molecule has 1 aromatic carbocycles. The summed E-state index contributed by atoms with van der Waals surface area (Å²) in [5.74, 6) is 0.763. The number of piperidine rings is 1. The van der Waals surface area contributed by atoms with Crippen molar-refractivity contribution < 1.29 is 13.2 Å². The predicted molar refractivity (Wildman–Crippen MR) is 93.6 cm³/mol. The first-order chi connectivity index (χ1) is 11.4. The van der Waals surface area contributed by atoms with Gasteiger partial charge in [-0.15, -0.1) is 0 Å². The minimum absolute atomic E-state index is 0.202. The maximum absolute atomic E-state index is 13.4. The van der Waals surface area contributed by atoms with E-state index < -0.39 is 14.2 Å². The van der Waals surface area contributed by atoms with Crippen molar-refractivity contribution >= 4 is 21.6 Å². The molecule has 5 nitrogen and oxygen atoms in total. The fraction of sp³-hybridized carbons (Fsp3) is 0.647. The van der Waals surface area contributed by atoms with Crippen LogP contribution in [0.4, 0.5) is 0 Å². The van der Waals surface area contributed by atoms with E-state index in [1.165, 1.54) is 4.31 Å². The molecule has 0 aromatic heterocycles. The van der Waals surface area contributed by atoms with Gasteiger partial charge in [-0.05, 0) is 45.3 Å². The van der Waals surface area contributed by atoms with Crippen LogP contribution >= 0.6 is 11.6 Å². The Morgan fingerprint density at radius 1 is 1.29 bits per heavy atom. The predicted octanol–water partition coefficient (Wildman–Crippen LogP) is 2.31. The van der Waals surface area contributed by atoms with Gasteiger partial charge >= 0.3 is 0 Å². The molecular formula is C17H23ClN2O3S. The Kier molecular flexibility index (Phi) is 3.88. The molecule has 2 aliphatic heterocycles. The number of fused-ring (bicyclic) bond motifs is 1. The Labute approximate surface area is 148 Å². The quantitative estimate of drug-likeness (QED) is 0.811. The highest BCUT2D eigenvalue weighted by Crippen LogP contribution is 2.69. The van der Waals surface area contributed by atoms with E-state index in [1.807, 2.05) is 31.2 Å². The van der Waals surface area contributed by atoms with Gasteiger partial charge in [0.1, 0.15) is 11.9 Å². The van der Waals surface area contributed by atoms with Gasteiger partial charge in [-0.25, -0.2) is 8.42 Å². The van der Waals surface area contributed by atoms with Crippen LogP contribution in [-0.2, 0) is 16.6 Å². The highest BCUT2D eigenvalue weighted by atomic mass is 35.5. The standard InChI is InChI=1S/C17H23ClN2O3S/c1-13-10-20(11-14-4-2-3-5-15(14)23-13)24(21,22)17(18)12-16(17)6-8-19-9-7-16/h2-5,13,19H,6-12H2,1H3. The van der Waals surface area contributed by atoms with Gasteiger partial charge in [-0.2, -0.15) is 4.31 Å². The van der Waals surface area contributed by atoms with E-state index in [4.69, 9.17) is 16.3 Å². The summed E-state index contributed by atoms with van der Waals surface area (Å²) in [7, 11) is -3.60. The average Bonchev–Trinajstić information content (AvgIpc) is 3.18. The van der Waals surface area contributed by atoms with Gasteiger partial charge in [0.25, 0.3) is 0 Å². The SMILES string of the molecule is CC1CN(S(=O)(=O)C2(Cl)CC23CCNCC3)Cc2ccccc2O1. The lowest BCUT2D eigenvalue weighted by molar-refractivity contribution is 0.200. The number of hydrogen-bond acceptors (Lipinski definition) is 4. The van der Waals surface area contributed by atoms with Crippen molar-refractivity contribution in [2.75, 3.05) is 19.6 Å². The van der Waals surface area contributed by atoms with Crippen LogP contribution in [0, 0.1) is 5.41 Å². The van der Waals surface area contributed by atoms with E-state index in [0.717, 1.165) is 37.2 Å². The van der Waals surface area contributed by atoms with E-state index in [2.05, 4.69) is 5.32 Å². The van der Waals surface area contributed by atoms with Gasteiger partial charge in [0.05, 0.1) is 6.54 Å². The first kappa shape index (κ1) is 16.6. The molecule has 2 unspecified atom stereocenters. The molecule has 0 radical (unpaired) electrons. The molecule has 24 heavy (non-hydrogen) atoms. The molecule has 4 rings (SSSR count). The largest absolute Gasteiger partial charge is 0.489 e. The second-order valence-corrected chi connectivity index (χ2v) is 10.3. The molecule has 1 N–H and O–H groups in total. The number of hydrogen-bond donors (Lipinski definition) is 1. The maximum Gasteiger partial charge on any atom is 0.234 e. The molecule has 2 heterocycles. The van der Waals surface area contributed by atoms with Crippen LogP contribution in [0.15, 0.2) is 24.3 Å². The van der Waals surface area contributed by atoms with E-state index in [9.17, 15) is 8.42 Å². The molecule has 132 valence electrons. The van der Waals surface area contributed by atoms with Crippen molar-refractivity contribution in [3.8, 4) is 5.75 Å². The van der Waals surface area contributed by atoms with Crippen molar-refractivity contribution in [2.45, 2.75) is 43.0 Å². The normalized spacial score (nSPS) is 32.7. The first-order valence-electron chi connectivity index (χ1n) is 8.52. The van der Waals surface area contributed by atoms with Crippen LogP contribution in [0.25, 0.3) is 0 Å². The molecule has 0 bridgehead atoms. The van der Waals surface area contributed by atoms with E-state index >= 15 is 0 Å². The summed E-state index contributed by atoms with van der Waals surface area (Å²) in [5, 5.41) is 3.29. The van der Waals surface area contributed by atoms with Crippen molar-refractivity contribution in [1.29, 1.82) is 0 Å². The third kappa shape index (κ3) is 2.38. The number of alkyl halides is 1. The van der Waals surface area contributed by atoms with Crippen LogP contribution in [0.5, 0.6) is 5.75 Å². The van der Waals surface area contributed by atoms with Crippen LogP contribution in [0.1, 0.15) is 31.7 Å². The second-order valence-electron chi connectivity index (χ2n) is 7.27. The lowest BCUT2D eigenvalue weighted by atomic mass is 9.95. The number of benzene rings is 1. The molecule has 1 aromatic rings. The van der Waals surface area contributed by atoms with Gasteiger partial charge in [0.15, 0.2) is 4.21 Å². The Morgan fingerprint density at radius 3 is 2.75 bits per heavy atom. The zero-order valence-electron chi connectivity index (χ0n) is 13.8. The summed E-state index contributed by atoms with van der Waals surface area (Å²) in [6.07, 6.45) is 2.00. The number of rotatable bonds is 2. The van der Waals surface area contributed by atoms with Crippen molar-refractivity contribution in [1.82, 2.24) is 9.62 Å². The number of nitrogens with zero attached hydrogens (tertiary/aromatic N) is 1. The summed E-state index contributed by atoms with van der Waals surface area (Å²) in [6, 6.07) is 7.63. The number of halogens is 1. The molecule has 0 amide bonds. The van der Waals surface area contributed by atoms with Crippen molar-refractivity contribution in [2.24, 2.45) is 5.41 Å². The van der Waals surface area contributed by atoms with Crippen LogP contribution in [0.2, 0.25) is 0 Å². The molecule has 2 atom stereocenters. The fourth-order valence-corrected chi connectivity index (χ4v) is 7.22. The van der Waals surface area contributed by atoms with Gasteiger partial charge in [-0.1, -0.05) is 29.8 Å². The lowest BCUT2D eigenvalue weighted by Crippen LogP contribution is -2.44. The Balaban J connectivity index is 1.65. The highest BCUT2D eigenvalue weighted by Gasteiger charge is 2.74. The smallest absolute Gasteiger partial charge is 0.234 e. The van der Waals surface area contributed by atoms with Crippen LogP contribution in [-0.4, -0.2) is 42.7 Å². The molecule has 3 aliphatic rings. The monoisotopic (exact) mass is 370 g/mol. The number of sulfonamides is 1. The Bertz CT molecular complexity index is 748. The first-order valence-corrected chi connectivity index (χ1v) is 10.3. The van der Waals surface area contributed by atoms with Gasteiger partial charge in [0, 0.05) is 17.5 Å². The lowest BCUT2D eigenvalue weighted by Gasteiger charge is -2.30. The minimum Gasteiger partial charge on any atom is -0.489 e. The fourth-order valence-electron chi connectivity index (χ4n) is 4.14. The molecule has 1 aliphatic carbocycles. The number of ether oxygens (including phenoxy) is 1. The number of nitrogens with one attached hydrogen (secondary N) is 1. The summed E-state index contributed by atoms with van der Waals surface area (Å²) in [4.78, 5) is 0. The van der Waals surface area contributed by atoms with Crippen LogP contribution < -0.4 is 10.1 Å². The summed E-state index contributed by atoms with van der Waals surface area (Å²) >= 11 is 6.73. The Hall–Kier alpha value is -0.820. The average molecular weight is 371 g/mol. The zero-order chi connectivity index (χ0) is 17.0. The minimum atomic E-state index is -3.60. The van der Waals surface area contributed by atoms with Gasteiger partial charge in [0.2, 0.25) is 10.0 Å². The zero-order valence-corrected chi connectivity index (χ0v) is 15.4. The van der Waals surface area contributed by atoms with E-state index in [-0.39, 0.29) is 11.5 Å². The van der Waals surface area contributed by atoms with Crippen molar-refractivity contribution in [3.05, 3.63) is 29.8 Å². The molecular weight excluding hydrogens is 348 g/mol. The number of para-hydroxylation sites is 1. The molecule has 1 saturated carbocycles. The van der Waals surface area contributed by atoms with Crippen molar-refractivity contribution in [3.63, 3.8) is 0 Å². The Morgan fingerprint density at radius 2 is 2.00 bits per heavy atom. The molecule has 1 spiro atoms. The van der Waals surface area contributed by atoms with Crippen LogP contribution in [0.3, 0.4) is 0 Å². The third-order valence-corrected chi connectivity index (χ3v) is 9.12. The van der Waals surface area contributed by atoms with E-state index in [1.54, 1.807) is 0 Å². The maximum atomic E-state index is 13.4. The summed E-state index contributed by atoms with van der Waals surface area (Å²) in [5.41, 5.74) is 0.625. The molecule has 7 heteroatoms. The molecule has 1 saturated heterocycles. The summed E-state index contributed by atoms with van der Waals surface area (Å²) < 4.78 is 33.0. The van der Waals surface area contributed by atoms with Gasteiger partial charge in [-0.3, -0.25) is 0 Å². The van der Waals surface area contributed by atoms with Gasteiger partial charge < -0.3 is 10.1 Å². The molecule has 2 fully saturated rings. The topological polar surface area (TPSA) is 58.6 Å². The third-order valence-electron chi connectivity index (χ3n) is 5.65. The highest BCUT2D eigenvalue weighted by molar-refractivity contribution is 7.92. The van der Waals surface area contributed by atoms with E-state index in [0.29, 0.717) is 19.5 Å².